The van der Waals surface area contributed by atoms with E-state index in [4.69, 9.17) is 4.74 Å². The van der Waals surface area contributed by atoms with Crippen LogP contribution in [0.25, 0.3) is 0 Å². The van der Waals surface area contributed by atoms with Gasteiger partial charge < -0.3 is 15.4 Å². The molecular formula is C21H24FN3O2. The van der Waals surface area contributed by atoms with Gasteiger partial charge in [0.1, 0.15) is 11.6 Å². The van der Waals surface area contributed by atoms with E-state index in [0.29, 0.717) is 24.6 Å². The minimum atomic E-state index is -0.261. The van der Waals surface area contributed by atoms with Gasteiger partial charge in [-0.15, -0.1) is 0 Å². The molecule has 2 aliphatic rings. The van der Waals surface area contributed by atoms with Crippen LogP contribution in [0.4, 0.5) is 10.2 Å². The quantitative estimate of drug-likeness (QED) is 0.841. The predicted molar refractivity (Wildman–Crippen MR) is 101 cm³/mol. The molecule has 142 valence electrons. The van der Waals surface area contributed by atoms with E-state index in [1.54, 1.807) is 24.4 Å². The fourth-order valence-electron chi connectivity index (χ4n) is 3.52. The average molecular weight is 369 g/mol. The summed E-state index contributed by atoms with van der Waals surface area (Å²) >= 11 is 0. The third-order valence-electron chi connectivity index (χ3n) is 5.34. The second-order valence-corrected chi connectivity index (χ2v) is 7.31. The third-order valence-corrected chi connectivity index (χ3v) is 5.34. The maximum atomic E-state index is 13.1. The lowest BCUT2D eigenvalue weighted by atomic mass is 9.93. The Morgan fingerprint density at radius 3 is 2.67 bits per heavy atom. The summed E-state index contributed by atoms with van der Waals surface area (Å²) in [7, 11) is 0. The second-order valence-electron chi connectivity index (χ2n) is 7.31. The number of benzene rings is 1. The Balaban J connectivity index is 1.37. The highest BCUT2D eigenvalue weighted by atomic mass is 19.1. The summed E-state index contributed by atoms with van der Waals surface area (Å²) in [5.74, 6) is 0.394. The molecule has 0 spiro atoms. The molecule has 4 rings (SSSR count). The highest BCUT2D eigenvalue weighted by Crippen LogP contribution is 2.28. The normalized spacial score (nSPS) is 22.7. The van der Waals surface area contributed by atoms with Crippen LogP contribution in [0.1, 0.15) is 54.1 Å². The standard InChI is InChI=1S/C21H24FN3O2/c22-16-6-4-14(5-7-16)19-13-18(9-11-27-19)25-21(26)15-8-10-23-20(12-15)24-17-2-1-3-17/h4-8,10,12,17-19H,1-3,9,11,13H2,(H,23,24)(H,25,26). The average Bonchev–Trinajstić information content (AvgIpc) is 2.66. The number of rotatable bonds is 5. The summed E-state index contributed by atoms with van der Waals surface area (Å²) < 4.78 is 18.9. The van der Waals surface area contributed by atoms with Crippen LogP contribution >= 0.6 is 0 Å². The summed E-state index contributed by atoms with van der Waals surface area (Å²) in [4.78, 5) is 17.0. The van der Waals surface area contributed by atoms with E-state index in [-0.39, 0.29) is 23.9 Å². The van der Waals surface area contributed by atoms with E-state index in [1.807, 2.05) is 6.07 Å². The molecule has 2 N–H and O–H groups in total. The van der Waals surface area contributed by atoms with E-state index in [0.717, 1.165) is 30.6 Å². The molecule has 27 heavy (non-hydrogen) atoms. The van der Waals surface area contributed by atoms with Gasteiger partial charge in [-0.05, 0) is 61.9 Å². The molecule has 1 aliphatic carbocycles. The number of pyridine rings is 1. The first kappa shape index (κ1) is 17.9. The smallest absolute Gasteiger partial charge is 0.251 e. The van der Waals surface area contributed by atoms with Crippen molar-refractivity contribution < 1.29 is 13.9 Å². The van der Waals surface area contributed by atoms with Crippen molar-refractivity contribution in [2.75, 3.05) is 11.9 Å². The molecule has 1 aromatic heterocycles. The molecule has 2 heterocycles. The largest absolute Gasteiger partial charge is 0.373 e. The number of aromatic nitrogens is 1. The number of nitrogens with zero attached hydrogens (tertiary/aromatic N) is 1. The van der Waals surface area contributed by atoms with Crippen LogP contribution < -0.4 is 10.6 Å². The van der Waals surface area contributed by atoms with Crippen molar-refractivity contribution in [1.82, 2.24) is 10.3 Å². The molecule has 2 aromatic rings. The van der Waals surface area contributed by atoms with E-state index < -0.39 is 0 Å². The Labute approximate surface area is 158 Å². The number of nitrogens with one attached hydrogen (secondary N) is 2. The van der Waals surface area contributed by atoms with E-state index >= 15 is 0 Å². The van der Waals surface area contributed by atoms with Crippen LogP contribution in [-0.2, 0) is 4.74 Å². The van der Waals surface area contributed by atoms with Crippen LogP contribution in [-0.4, -0.2) is 29.6 Å². The van der Waals surface area contributed by atoms with Crippen molar-refractivity contribution in [2.45, 2.75) is 50.3 Å². The fourth-order valence-corrected chi connectivity index (χ4v) is 3.52. The maximum absolute atomic E-state index is 13.1. The number of amides is 1. The summed E-state index contributed by atoms with van der Waals surface area (Å²) in [6.45, 7) is 0.567. The molecule has 1 amide bonds. The van der Waals surface area contributed by atoms with Gasteiger partial charge in [0.25, 0.3) is 5.91 Å². The molecule has 2 fully saturated rings. The minimum Gasteiger partial charge on any atom is -0.373 e. The summed E-state index contributed by atoms with van der Waals surface area (Å²) in [5, 5.41) is 6.47. The molecule has 6 heteroatoms. The lowest BCUT2D eigenvalue weighted by Gasteiger charge is -2.30. The number of halogens is 1. The Morgan fingerprint density at radius 1 is 1.11 bits per heavy atom. The number of carbonyl (C=O) groups excluding carboxylic acids is 1. The summed E-state index contributed by atoms with van der Waals surface area (Å²) in [6.07, 6.45) is 6.54. The van der Waals surface area contributed by atoms with Gasteiger partial charge >= 0.3 is 0 Å². The lowest BCUT2D eigenvalue weighted by Crippen LogP contribution is -2.40. The van der Waals surface area contributed by atoms with Crippen molar-refractivity contribution in [1.29, 1.82) is 0 Å². The first-order chi connectivity index (χ1) is 13.2. The van der Waals surface area contributed by atoms with Crippen molar-refractivity contribution in [3.05, 3.63) is 59.5 Å². The molecule has 2 unspecified atom stereocenters. The minimum absolute atomic E-state index is 0.0255. The zero-order valence-corrected chi connectivity index (χ0v) is 15.2. The molecule has 0 bridgehead atoms. The van der Waals surface area contributed by atoms with Crippen LogP contribution in [0.15, 0.2) is 42.6 Å². The van der Waals surface area contributed by atoms with Gasteiger partial charge in [-0.25, -0.2) is 9.37 Å². The van der Waals surface area contributed by atoms with E-state index in [2.05, 4.69) is 15.6 Å². The van der Waals surface area contributed by atoms with Gasteiger partial charge in [0, 0.05) is 30.5 Å². The molecule has 5 nitrogen and oxygen atoms in total. The fraction of sp³-hybridized carbons (Fsp3) is 0.429. The number of carbonyl (C=O) groups is 1. The topological polar surface area (TPSA) is 63.2 Å². The molecular weight excluding hydrogens is 345 g/mol. The summed E-state index contributed by atoms with van der Waals surface area (Å²) in [5.41, 5.74) is 1.54. The molecule has 0 radical (unpaired) electrons. The number of ether oxygens (including phenoxy) is 1. The number of anilines is 1. The monoisotopic (exact) mass is 369 g/mol. The van der Waals surface area contributed by atoms with Crippen molar-refractivity contribution in [3.8, 4) is 0 Å². The zero-order chi connectivity index (χ0) is 18.6. The van der Waals surface area contributed by atoms with Crippen LogP contribution in [0.3, 0.4) is 0 Å². The SMILES string of the molecule is O=C(NC1CCOC(c2ccc(F)cc2)C1)c1ccnc(NC2CCC2)c1. The van der Waals surface area contributed by atoms with Crippen molar-refractivity contribution in [2.24, 2.45) is 0 Å². The Morgan fingerprint density at radius 2 is 1.93 bits per heavy atom. The van der Waals surface area contributed by atoms with E-state index in [1.165, 1.54) is 18.6 Å². The Hall–Kier alpha value is -2.47. The van der Waals surface area contributed by atoms with Gasteiger partial charge in [0.2, 0.25) is 0 Å². The predicted octanol–water partition coefficient (Wildman–Crippen LogP) is 3.84. The van der Waals surface area contributed by atoms with Crippen LogP contribution in [0, 0.1) is 5.82 Å². The zero-order valence-electron chi connectivity index (χ0n) is 15.2. The molecule has 2 atom stereocenters. The molecule has 1 saturated heterocycles. The van der Waals surface area contributed by atoms with E-state index in [9.17, 15) is 9.18 Å². The first-order valence-corrected chi connectivity index (χ1v) is 9.58. The highest BCUT2D eigenvalue weighted by Gasteiger charge is 2.26. The van der Waals surface area contributed by atoms with Crippen LogP contribution in [0.5, 0.6) is 0 Å². The van der Waals surface area contributed by atoms with Crippen molar-refractivity contribution in [3.63, 3.8) is 0 Å². The van der Waals surface area contributed by atoms with Crippen LogP contribution in [0.2, 0.25) is 0 Å². The molecule has 1 aliphatic heterocycles. The lowest BCUT2D eigenvalue weighted by molar-refractivity contribution is 0.000875. The number of hydrogen-bond acceptors (Lipinski definition) is 4. The van der Waals surface area contributed by atoms with Gasteiger partial charge in [-0.3, -0.25) is 4.79 Å². The Kier molecular flexibility index (Phi) is 5.34. The number of hydrogen-bond donors (Lipinski definition) is 2. The van der Waals surface area contributed by atoms with Gasteiger partial charge in [0.05, 0.1) is 6.10 Å². The first-order valence-electron chi connectivity index (χ1n) is 9.58. The van der Waals surface area contributed by atoms with Crippen molar-refractivity contribution >= 4 is 11.7 Å². The maximum Gasteiger partial charge on any atom is 0.251 e. The molecule has 1 aromatic carbocycles. The van der Waals surface area contributed by atoms with Gasteiger partial charge in [0.15, 0.2) is 0 Å². The second kappa shape index (κ2) is 8.05. The van der Waals surface area contributed by atoms with Gasteiger partial charge in [-0.1, -0.05) is 12.1 Å². The third kappa shape index (κ3) is 4.45. The molecule has 1 saturated carbocycles. The highest BCUT2D eigenvalue weighted by molar-refractivity contribution is 5.95. The van der Waals surface area contributed by atoms with Gasteiger partial charge in [-0.2, -0.15) is 0 Å². The Bertz CT molecular complexity index is 792. The summed E-state index contributed by atoms with van der Waals surface area (Å²) in [6, 6.07) is 10.4.